The third kappa shape index (κ3) is 12.2. The van der Waals surface area contributed by atoms with E-state index in [9.17, 15) is 4.79 Å². The lowest BCUT2D eigenvalue weighted by Crippen LogP contribution is -2.59. The van der Waals surface area contributed by atoms with E-state index in [1.807, 2.05) is 25.6 Å². The zero-order valence-corrected chi connectivity index (χ0v) is 27.1. The lowest BCUT2D eigenvalue weighted by molar-refractivity contribution is -0.168. The Hall–Kier alpha value is -0.260. The number of hydrazine groups is 1. The summed E-state index contributed by atoms with van der Waals surface area (Å²) in [6, 6.07) is 0. The van der Waals surface area contributed by atoms with Crippen molar-refractivity contribution in [1.82, 2.24) is 5.01 Å². The topological polar surface area (TPSA) is 55.6 Å². The predicted octanol–water partition coefficient (Wildman–Crippen LogP) is 8.48. The highest BCUT2D eigenvalue weighted by Crippen LogP contribution is 2.42. The van der Waals surface area contributed by atoms with Gasteiger partial charge in [0.05, 0.1) is 16.7 Å². The van der Waals surface area contributed by atoms with Crippen LogP contribution in [0.25, 0.3) is 0 Å². The highest BCUT2D eigenvalue weighted by atomic mass is 32.2. The quantitative estimate of drug-likeness (QED) is 0.0971. The zero-order valence-electron chi connectivity index (χ0n) is 26.3. The number of rotatable bonds is 16. The Bertz CT molecular complexity index is 663. The maximum absolute atomic E-state index is 13.7. The van der Waals surface area contributed by atoms with Crippen molar-refractivity contribution >= 4 is 17.7 Å². The average molecular weight is 515 g/mol. The van der Waals surface area contributed by atoms with Crippen LogP contribution in [0.15, 0.2) is 0 Å². The van der Waals surface area contributed by atoms with Gasteiger partial charge in [-0.2, -0.15) is 11.8 Å². The summed E-state index contributed by atoms with van der Waals surface area (Å²) in [4.78, 5) is 13.7. The van der Waals surface area contributed by atoms with Crippen molar-refractivity contribution in [3.05, 3.63) is 0 Å². The lowest BCUT2D eigenvalue weighted by Gasteiger charge is -2.47. The van der Waals surface area contributed by atoms with Crippen molar-refractivity contribution in [2.45, 2.75) is 153 Å². The Labute approximate surface area is 224 Å². The standard InChI is InChI=1S/C30H62N2O2S/c1-16-35-19-17-18-25(4,5)20-29(12,13)34-30(14,15)22-27(8,9)24(33)32(31)28(10,11)21-26(6,7)23(2)3/h23H,16-22,31H2,1-15H3. The summed E-state index contributed by atoms with van der Waals surface area (Å²) in [5.74, 6) is 9.42. The Morgan fingerprint density at radius 1 is 0.857 bits per heavy atom. The van der Waals surface area contributed by atoms with Crippen molar-refractivity contribution in [1.29, 1.82) is 0 Å². The highest BCUT2D eigenvalue weighted by molar-refractivity contribution is 7.99. The molecule has 0 aliphatic rings. The maximum atomic E-state index is 13.7. The van der Waals surface area contributed by atoms with E-state index >= 15 is 0 Å². The van der Waals surface area contributed by atoms with Gasteiger partial charge in [-0.15, -0.1) is 0 Å². The van der Waals surface area contributed by atoms with E-state index in [2.05, 4.69) is 90.0 Å². The first kappa shape index (κ1) is 34.7. The van der Waals surface area contributed by atoms with Crippen LogP contribution in [0.1, 0.15) is 136 Å². The van der Waals surface area contributed by atoms with Crippen LogP contribution in [0.5, 0.6) is 0 Å². The largest absolute Gasteiger partial charge is 0.370 e. The number of hydrogen-bond donors (Lipinski definition) is 1. The van der Waals surface area contributed by atoms with Crippen molar-refractivity contribution < 1.29 is 9.53 Å². The van der Waals surface area contributed by atoms with E-state index in [1.54, 1.807) is 0 Å². The fourth-order valence-corrected chi connectivity index (χ4v) is 6.64. The molecule has 1 amide bonds. The number of nitrogens with two attached hydrogens (primary N) is 1. The molecule has 0 saturated carbocycles. The number of amides is 1. The van der Waals surface area contributed by atoms with Gasteiger partial charge in [0.15, 0.2) is 0 Å². The van der Waals surface area contributed by atoms with Crippen molar-refractivity contribution in [2.75, 3.05) is 11.5 Å². The lowest BCUT2D eigenvalue weighted by atomic mass is 9.71. The Balaban J connectivity index is 5.35. The van der Waals surface area contributed by atoms with Gasteiger partial charge < -0.3 is 4.74 Å². The SMILES string of the molecule is CCSCCCC(C)(C)CC(C)(C)OC(C)(C)CC(C)(C)C(=O)N(N)C(C)(C)CC(C)(C)C(C)C. The van der Waals surface area contributed by atoms with Gasteiger partial charge in [-0.25, -0.2) is 5.84 Å². The van der Waals surface area contributed by atoms with E-state index in [0.29, 0.717) is 12.3 Å². The smallest absolute Gasteiger partial charge is 0.242 e. The minimum Gasteiger partial charge on any atom is -0.370 e. The van der Waals surface area contributed by atoms with E-state index in [1.165, 1.54) is 29.4 Å². The fourth-order valence-electron chi connectivity index (χ4n) is 6.00. The minimum absolute atomic E-state index is 0.0229. The second kappa shape index (κ2) is 12.5. The van der Waals surface area contributed by atoms with Gasteiger partial charge in [-0.3, -0.25) is 9.80 Å². The Kier molecular flexibility index (Phi) is 12.4. The normalized spacial score (nSPS) is 14.5. The van der Waals surface area contributed by atoms with E-state index in [0.717, 1.165) is 12.8 Å². The third-order valence-corrected chi connectivity index (χ3v) is 8.56. The molecular formula is C30H62N2O2S. The molecule has 0 atom stereocenters. The summed E-state index contributed by atoms with van der Waals surface area (Å²) in [7, 11) is 0. The first-order valence-corrected chi connectivity index (χ1v) is 14.9. The summed E-state index contributed by atoms with van der Waals surface area (Å²) < 4.78 is 6.74. The van der Waals surface area contributed by atoms with Crippen molar-refractivity contribution in [3.63, 3.8) is 0 Å². The Morgan fingerprint density at radius 2 is 1.34 bits per heavy atom. The van der Waals surface area contributed by atoms with Gasteiger partial charge in [0.2, 0.25) is 5.91 Å². The van der Waals surface area contributed by atoms with Gasteiger partial charge in [0.25, 0.3) is 0 Å². The second-order valence-corrected chi connectivity index (χ2v) is 16.5. The molecule has 0 fully saturated rings. The fraction of sp³-hybridized carbons (Fsp3) is 0.967. The molecular weight excluding hydrogens is 452 g/mol. The van der Waals surface area contributed by atoms with Crippen LogP contribution in [0, 0.1) is 22.2 Å². The predicted molar refractivity (Wildman–Crippen MR) is 157 cm³/mol. The molecule has 0 spiro atoms. The molecule has 0 rings (SSSR count). The van der Waals surface area contributed by atoms with Crippen LogP contribution in [-0.2, 0) is 9.53 Å². The molecule has 0 radical (unpaired) electrons. The summed E-state index contributed by atoms with van der Waals surface area (Å²) in [5, 5.41) is 1.50. The summed E-state index contributed by atoms with van der Waals surface area (Å²) >= 11 is 2.02. The summed E-state index contributed by atoms with van der Waals surface area (Å²) in [6.07, 6.45) is 4.86. The molecule has 0 aliphatic carbocycles. The van der Waals surface area contributed by atoms with Crippen molar-refractivity contribution in [2.24, 2.45) is 28.0 Å². The maximum Gasteiger partial charge on any atom is 0.242 e. The van der Waals surface area contributed by atoms with Gasteiger partial charge in [-0.05, 0) is 102 Å². The number of carbonyl (C=O) groups is 1. The molecule has 0 aromatic heterocycles. The average Bonchev–Trinajstić information content (AvgIpc) is 2.59. The Morgan fingerprint density at radius 3 is 1.80 bits per heavy atom. The number of ether oxygens (including phenoxy) is 1. The van der Waals surface area contributed by atoms with Gasteiger partial charge in [0.1, 0.15) is 0 Å². The minimum atomic E-state index is -0.638. The molecule has 0 aromatic rings. The zero-order chi connectivity index (χ0) is 28.1. The van der Waals surface area contributed by atoms with Crippen LogP contribution >= 0.6 is 11.8 Å². The van der Waals surface area contributed by atoms with Crippen LogP contribution in [0.2, 0.25) is 0 Å². The first-order chi connectivity index (χ1) is 15.4. The van der Waals surface area contributed by atoms with Crippen molar-refractivity contribution in [3.8, 4) is 0 Å². The van der Waals surface area contributed by atoms with Crippen LogP contribution in [0.3, 0.4) is 0 Å². The highest BCUT2D eigenvalue weighted by Gasteiger charge is 2.45. The van der Waals surface area contributed by atoms with Gasteiger partial charge >= 0.3 is 0 Å². The number of carbonyl (C=O) groups excluding carboxylic acids is 1. The number of thioether (sulfide) groups is 1. The molecule has 210 valence electrons. The molecule has 0 bridgehead atoms. The van der Waals surface area contributed by atoms with E-state index in [4.69, 9.17) is 10.6 Å². The molecule has 0 aromatic carbocycles. The molecule has 35 heavy (non-hydrogen) atoms. The monoisotopic (exact) mass is 514 g/mol. The molecule has 2 N–H and O–H groups in total. The van der Waals surface area contributed by atoms with Gasteiger partial charge in [0, 0.05) is 5.41 Å². The first-order valence-electron chi connectivity index (χ1n) is 13.8. The second-order valence-electron chi connectivity index (χ2n) is 15.1. The number of hydrogen-bond acceptors (Lipinski definition) is 4. The molecule has 0 unspecified atom stereocenters. The van der Waals surface area contributed by atoms with Crippen LogP contribution < -0.4 is 5.84 Å². The molecule has 5 heteroatoms. The van der Waals surface area contributed by atoms with E-state index in [-0.39, 0.29) is 22.3 Å². The molecule has 4 nitrogen and oxygen atoms in total. The summed E-state index contributed by atoms with van der Waals surface area (Å²) in [5.41, 5.74) is -1.53. The van der Waals surface area contributed by atoms with Gasteiger partial charge in [-0.1, -0.05) is 62.3 Å². The number of nitrogens with zero attached hydrogens (tertiary/aromatic N) is 1. The van der Waals surface area contributed by atoms with Crippen LogP contribution in [-0.4, -0.2) is 39.2 Å². The molecule has 0 aliphatic heterocycles. The third-order valence-electron chi connectivity index (χ3n) is 7.57. The van der Waals surface area contributed by atoms with Crippen LogP contribution in [0.4, 0.5) is 0 Å². The molecule has 0 heterocycles. The molecule has 0 saturated heterocycles. The van der Waals surface area contributed by atoms with E-state index < -0.39 is 16.6 Å². The summed E-state index contributed by atoms with van der Waals surface area (Å²) in [6.45, 7) is 32.7.